The van der Waals surface area contributed by atoms with E-state index in [1.165, 1.54) is 12.3 Å². The monoisotopic (exact) mass is 211 g/mol. The number of carbonyl (C=O) groups excluding carboxylic acids is 1. The van der Waals surface area contributed by atoms with Crippen molar-refractivity contribution in [1.82, 2.24) is 0 Å². The van der Waals surface area contributed by atoms with Crippen molar-refractivity contribution in [3.8, 4) is 0 Å². The average molecular weight is 211 g/mol. The first-order valence-electron chi connectivity index (χ1n) is 5.06. The molecule has 0 radical (unpaired) electrons. The van der Waals surface area contributed by atoms with E-state index in [4.69, 9.17) is 0 Å². The van der Waals surface area contributed by atoms with E-state index in [2.05, 4.69) is 4.99 Å². The lowest BCUT2D eigenvalue weighted by Crippen LogP contribution is -2.12. The van der Waals surface area contributed by atoms with E-state index in [1.807, 2.05) is 24.3 Å². The molecule has 3 nitrogen and oxygen atoms in total. The van der Waals surface area contributed by atoms with Gasteiger partial charge in [0.1, 0.15) is 0 Å². The Bertz CT molecular complexity index is 579. The summed E-state index contributed by atoms with van der Waals surface area (Å²) in [6.45, 7) is -0.134. The second kappa shape index (κ2) is 3.25. The molecule has 1 aromatic rings. The van der Waals surface area contributed by atoms with Crippen molar-refractivity contribution in [3.05, 3.63) is 53.2 Å². The lowest BCUT2D eigenvalue weighted by atomic mass is 10.0. The van der Waals surface area contributed by atoms with Crippen molar-refractivity contribution in [3.63, 3.8) is 0 Å². The Morgan fingerprint density at radius 1 is 1.19 bits per heavy atom. The maximum Gasteiger partial charge on any atom is 0.189 e. The highest BCUT2D eigenvalue weighted by atomic mass is 16.3. The van der Waals surface area contributed by atoms with E-state index >= 15 is 0 Å². The molecule has 3 heteroatoms. The van der Waals surface area contributed by atoms with Crippen LogP contribution in [0.2, 0.25) is 0 Å². The van der Waals surface area contributed by atoms with Crippen LogP contribution in [0.5, 0.6) is 0 Å². The van der Waals surface area contributed by atoms with Gasteiger partial charge in [-0.2, -0.15) is 0 Å². The maximum absolute atomic E-state index is 11.8. The summed E-state index contributed by atoms with van der Waals surface area (Å²) < 4.78 is 0. The number of aliphatic hydroxyl groups is 1. The summed E-state index contributed by atoms with van der Waals surface area (Å²) in [4.78, 5) is 16.0. The zero-order valence-corrected chi connectivity index (χ0v) is 8.47. The Kier molecular flexibility index (Phi) is 1.88. The van der Waals surface area contributed by atoms with Crippen LogP contribution in [0.15, 0.2) is 47.1 Å². The zero-order chi connectivity index (χ0) is 11.1. The van der Waals surface area contributed by atoms with E-state index in [0.717, 1.165) is 11.1 Å². The predicted octanol–water partition coefficient (Wildman–Crippen LogP) is 1.33. The molecule has 1 heterocycles. The van der Waals surface area contributed by atoms with Gasteiger partial charge in [-0.3, -0.25) is 9.79 Å². The average Bonchev–Trinajstić information content (AvgIpc) is 2.65. The number of rotatable bonds is 1. The molecule has 0 atom stereocenters. The fraction of sp³-hybridized carbons (Fsp3) is 0.0769. The van der Waals surface area contributed by atoms with Gasteiger partial charge in [-0.1, -0.05) is 24.3 Å². The van der Waals surface area contributed by atoms with Gasteiger partial charge in [0.2, 0.25) is 0 Å². The number of allylic oxidation sites excluding steroid dienone is 2. The Balaban J connectivity index is 2.34. The van der Waals surface area contributed by atoms with Crippen molar-refractivity contribution in [2.75, 3.05) is 6.61 Å². The molecular formula is C13H9NO2. The van der Waals surface area contributed by atoms with Crippen LogP contribution in [-0.2, 0) is 4.79 Å². The minimum atomic E-state index is -0.134. The summed E-state index contributed by atoms with van der Waals surface area (Å²) >= 11 is 0. The third-order valence-corrected chi connectivity index (χ3v) is 2.88. The van der Waals surface area contributed by atoms with Gasteiger partial charge in [-0.05, 0) is 11.1 Å². The van der Waals surface area contributed by atoms with E-state index in [0.29, 0.717) is 16.9 Å². The number of hydrogen-bond acceptors (Lipinski definition) is 3. The van der Waals surface area contributed by atoms with Crippen molar-refractivity contribution in [2.24, 2.45) is 4.99 Å². The number of ketones is 1. The molecule has 0 amide bonds. The molecule has 1 aliphatic carbocycles. The van der Waals surface area contributed by atoms with Crippen molar-refractivity contribution < 1.29 is 9.90 Å². The number of nitrogens with zero attached hydrogens (tertiary/aromatic N) is 1. The quantitative estimate of drug-likeness (QED) is 0.761. The predicted molar refractivity (Wildman–Crippen MR) is 61.1 cm³/mol. The largest absolute Gasteiger partial charge is 0.392 e. The number of benzene rings is 1. The van der Waals surface area contributed by atoms with Crippen molar-refractivity contribution in [1.29, 1.82) is 0 Å². The molecule has 0 spiro atoms. The summed E-state index contributed by atoms with van der Waals surface area (Å²) in [6.07, 6.45) is 2.94. The first-order valence-corrected chi connectivity index (χ1v) is 5.06. The van der Waals surface area contributed by atoms with Gasteiger partial charge in [0.15, 0.2) is 5.78 Å². The summed E-state index contributed by atoms with van der Waals surface area (Å²) in [5.41, 5.74) is 3.76. The Morgan fingerprint density at radius 3 is 2.69 bits per heavy atom. The topological polar surface area (TPSA) is 49.7 Å². The van der Waals surface area contributed by atoms with Crippen molar-refractivity contribution >= 4 is 17.1 Å². The summed E-state index contributed by atoms with van der Waals surface area (Å²) in [6, 6.07) is 7.62. The van der Waals surface area contributed by atoms with E-state index in [9.17, 15) is 9.90 Å². The number of fused-ring (bicyclic) bond motifs is 3. The standard InChI is InChI=1S/C13H9NO2/c15-7-10-8-3-1-2-4-9(8)13-12(10)11(16)5-6-14-13/h1-6,15H,7H2. The van der Waals surface area contributed by atoms with Crippen LogP contribution in [0.3, 0.4) is 0 Å². The molecule has 1 N–H and O–H groups in total. The third kappa shape index (κ3) is 1.06. The lowest BCUT2D eigenvalue weighted by molar-refractivity contribution is -0.110. The second-order valence-corrected chi connectivity index (χ2v) is 3.71. The maximum atomic E-state index is 11.8. The minimum Gasteiger partial charge on any atom is -0.392 e. The number of hydrogen-bond donors (Lipinski definition) is 1. The molecule has 2 aliphatic rings. The highest BCUT2D eigenvalue weighted by Gasteiger charge is 2.31. The van der Waals surface area contributed by atoms with Crippen LogP contribution in [0.25, 0.3) is 5.57 Å². The first-order chi connectivity index (χ1) is 7.83. The molecule has 0 aromatic heterocycles. The van der Waals surface area contributed by atoms with Gasteiger partial charge in [0.25, 0.3) is 0 Å². The van der Waals surface area contributed by atoms with Gasteiger partial charge >= 0.3 is 0 Å². The second-order valence-electron chi connectivity index (χ2n) is 3.71. The molecule has 1 aromatic carbocycles. The third-order valence-electron chi connectivity index (χ3n) is 2.88. The van der Waals surface area contributed by atoms with Gasteiger partial charge < -0.3 is 5.11 Å². The lowest BCUT2D eigenvalue weighted by Gasteiger charge is -2.05. The Labute approximate surface area is 92.4 Å². The summed E-state index contributed by atoms with van der Waals surface area (Å²) in [5, 5.41) is 9.38. The SMILES string of the molecule is O=C1C=CN=C2C1=C(CO)c1ccccc12. The Hall–Kier alpha value is -2.00. The molecular weight excluding hydrogens is 202 g/mol. The van der Waals surface area contributed by atoms with Gasteiger partial charge in [0.05, 0.1) is 17.9 Å². The summed E-state index contributed by atoms with van der Waals surface area (Å²) in [5.74, 6) is -0.0785. The minimum absolute atomic E-state index is 0.0785. The van der Waals surface area contributed by atoms with Crippen LogP contribution in [0.4, 0.5) is 0 Å². The number of aliphatic imine (C=N–C) groups is 1. The fourth-order valence-electron chi connectivity index (χ4n) is 2.19. The van der Waals surface area contributed by atoms with E-state index in [-0.39, 0.29) is 12.4 Å². The summed E-state index contributed by atoms with van der Waals surface area (Å²) in [7, 11) is 0. The molecule has 0 fully saturated rings. The van der Waals surface area contributed by atoms with Crippen LogP contribution >= 0.6 is 0 Å². The number of carbonyl (C=O) groups is 1. The molecule has 78 valence electrons. The molecule has 0 bridgehead atoms. The highest BCUT2D eigenvalue weighted by molar-refractivity contribution is 6.40. The van der Waals surface area contributed by atoms with Crippen molar-refractivity contribution in [2.45, 2.75) is 0 Å². The van der Waals surface area contributed by atoms with E-state index in [1.54, 1.807) is 0 Å². The van der Waals surface area contributed by atoms with Gasteiger partial charge in [-0.15, -0.1) is 0 Å². The van der Waals surface area contributed by atoms with Gasteiger partial charge in [0, 0.05) is 17.8 Å². The fourth-order valence-corrected chi connectivity index (χ4v) is 2.19. The van der Waals surface area contributed by atoms with Crippen LogP contribution in [0.1, 0.15) is 11.1 Å². The molecule has 0 saturated carbocycles. The number of aliphatic hydroxyl groups excluding tert-OH is 1. The molecule has 16 heavy (non-hydrogen) atoms. The zero-order valence-electron chi connectivity index (χ0n) is 8.47. The first kappa shape index (κ1) is 9.24. The van der Waals surface area contributed by atoms with Crippen LogP contribution in [0, 0.1) is 0 Å². The van der Waals surface area contributed by atoms with E-state index < -0.39 is 0 Å². The van der Waals surface area contributed by atoms with Crippen LogP contribution in [-0.4, -0.2) is 23.2 Å². The molecule has 1 aliphatic heterocycles. The smallest absolute Gasteiger partial charge is 0.189 e. The highest BCUT2D eigenvalue weighted by Crippen LogP contribution is 2.34. The Morgan fingerprint density at radius 2 is 1.94 bits per heavy atom. The van der Waals surface area contributed by atoms with Crippen LogP contribution < -0.4 is 0 Å². The molecule has 0 saturated heterocycles. The van der Waals surface area contributed by atoms with Gasteiger partial charge in [-0.25, -0.2) is 0 Å². The normalized spacial score (nSPS) is 17.3. The molecule has 0 unspecified atom stereocenters. The molecule has 3 rings (SSSR count).